The number of carbonyl (C=O) groups excluding carboxylic acids is 2. The number of esters is 1. The normalized spacial score (nSPS) is 11.4. The number of amides is 1. The molecular weight excluding hydrogens is 360 g/mol. The minimum absolute atomic E-state index is 0.213. The smallest absolute Gasteiger partial charge is 0.344 e. The number of carbonyl (C=O) groups is 2. The molecule has 6 nitrogen and oxygen atoms in total. The van der Waals surface area contributed by atoms with Crippen LogP contribution < -0.4 is 14.8 Å². The predicted molar refractivity (Wildman–Crippen MR) is 93.6 cm³/mol. The molecule has 1 atom stereocenters. The Morgan fingerprint density at radius 1 is 1.04 bits per heavy atom. The van der Waals surface area contributed by atoms with Crippen molar-refractivity contribution in [3.63, 3.8) is 0 Å². The van der Waals surface area contributed by atoms with Gasteiger partial charge in [0.2, 0.25) is 0 Å². The zero-order valence-corrected chi connectivity index (χ0v) is 14.8. The number of anilines is 1. The summed E-state index contributed by atoms with van der Waals surface area (Å²) in [6, 6.07) is 9.36. The van der Waals surface area contributed by atoms with E-state index >= 15 is 0 Å². The standard InChI is InChI=1S/C19H19F2NO5/c1-3-25-14-5-7-15(8-6-14)26-11-18(23)27-12(2)19(24)22-17-9-4-13(20)10-16(17)21/h4-10,12H,3,11H2,1-2H3,(H,22,24)/t12-/m0/s1. The van der Waals surface area contributed by atoms with Crippen molar-refractivity contribution in [2.75, 3.05) is 18.5 Å². The lowest BCUT2D eigenvalue weighted by molar-refractivity contribution is -0.155. The topological polar surface area (TPSA) is 73.9 Å². The summed E-state index contributed by atoms with van der Waals surface area (Å²) in [7, 11) is 0. The summed E-state index contributed by atoms with van der Waals surface area (Å²) in [6.07, 6.45) is -1.19. The number of halogens is 2. The Kier molecular flexibility index (Phi) is 7.10. The van der Waals surface area contributed by atoms with E-state index in [4.69, 9.17) is 14.2 Å². The number of benzene rings is 2. The molecule has 0 aliphatic carbocycles. The van der Waals surface area contributed by atoms with Crippen molar-refractivity contribution >= 4 is 17.6 Å². The van der Waals surface area contributed by atoms with E-state index in [9.17, 15) is 18.4 Å². The van der Waals surface area contributed by atoms with Crippen LogP contribution in [0.15, 0.2) is 42.5 Å². The van der Waals surface area contributed by atoms with Crippen LogP contribution in [-0.2, 0) is 14.3 Å². The van der Waals surface area contributed by atoms with Gasteiger partial charge in [-0.1, -0.05) is 0 Å². The second kappa shape index (κ2) is 9.51. The first kappa shape index (κ1) is 20.2. The van der Waals surface area contributed by atoms with Gasteiger partial charge in [0.05, 0.1) is 12.3 Å². The fraction of sp³-hybridized carbons (Fsp3) is 0.263. The van der Waals surface area contributed by atoms with Crippen LogP contribution in [0.2, 0.25) is 0 Å². The van der Waals surface area contributed by atoms with Gasteiger partial charge >= 0.3 is 5.97 Å². The maximum absolute atomic E-state index is 13.5. The van der Waals surface area contributed by atoms with Crippen molar-refractivity contribution in [2.45, 2.75) is 20.0 Å². The van der Waals surface area contributed by atoms with Crippen molar-refractivity contribution in [1.82, 2.24) is 0 Å². The third kappa shape index (κ3) is 6.25. The molecule has 0 heterocycles. The van der Waals surface area contributed by atoms with Gasteiger partial charge in [-0.3, -0.25) is 4.79 Å². The van der Waals surface area contributed by atoms with Crippen molar-refractivity contribution in [2.24, 2.45) is 0 Å². The Hall–Kier alpha value is -3.16. The van der Waals surface area contributed by atoms with Gasteiger partial charge in [-0.25, -0.2) is 13.6 Å². The summed E-state index contributed by atoms with van der Waals surface area (Å²) in [4.78, 5) is 23.7. The van der Waals surface area contributed by atoms with E-state index in [1.807, 2.05) is 6.92 Å². The first-order valence-corrected chi connectivity index (χ1v) is 8.20. The summed E-state index contributed by atoms with van der Waals surface area (Å²) >= 11 is 0. The van der Waals surface area contributed by atoms with Crippen LogP contribution in [0.5, 0.6) is 11.5 Å². The summed E-state index contributed by atoms with van der Waals surface area (Å²) in [5.41, 5.74) is -0.213. The second-order valence-electron chi connectivity index (χ2n) is 5.44. The molecule has 27 heavy (non-hydrogen) atoms. The Morgan fingerprint density at radius 3 is 2.26 bits per heavy atom. The van der Waals surface area contributed by atoms with Gasteiger partial charge < -0.3 is 19.5 Å². The van der Waals surface area contributed by atoms with E-state index in [2.05, 4.69) is 5.32 Å². The lowest BCUT2D eigenvalue weighted by Gasteiger charge is -2.14. The average Bonchev–Trinajstić information content (AvgIpc) is 2.63. The molecule has 1 N–H and O–H groups in total. The third-order valence-electron chi connectivity index (χ3n) is 3.36. The Morgan fingerprint density at radius 2 is 1.67 bits per heavy atom. The minimum atomic E-state index is -1.19. The van der Waals surface area contributed by atoms with Crippen LogP contribution in [0.3, 0.4) is 0 Å². The van der Waals surface area contributed by atoms with Gasteiger partial charge in [0.25, 0.3) is 5.91 Å². The Balaban J connectivity index is 1.81. The summed E-state index contributed by atoms with van der Waals surface area (Å²) in [6.45, 7) is 3.32. The SMILES string of the molecule is CCOc1ccc(OCC(=O)O[C@@H](C)C(=O)Nc2ccc(F)cc2F)cc1. The molecule has 0 bridgehead atoms. The molecule has 0 saturated heterocycles. The van der Waals surface area contributed by atoms with Crippen molar-refractivity contribution < 1.29 is 32.6 Å². The van der Waals surface area contributed by atoms with Crippen LogP contribution in [-0.4, -0.2) is 31.2 Å². The average molecular weight is 379 g/mol. The van der Waals surface area contributed by atoms with Gasteiger partial charge in [0.1, 0.15) is 23.1 Å². The first-order valence-electron chi connectivity index (χ1n) is 8.20. The highest BCUT2D eigenvalue weighted by atomic mass is 19.1. The van der Waals surface area contributed by atoms with E-state index in [-0.39, 0.29) is 5.69 Å². The molecule has 0 aliphatic rings. The molecule has 2 rings (SSSR count). The maximum Gasteiger partial charge on any atom is 0.344 e. The molecule has 0 fully saturated rings. The van der Waals surface area contributed by atoms with E-state index < -0.39 is 36.2 Å². The van der Waals surface area contributed by atoms with E-state index in [1.165, 1.54) is 6.92 Å². The molecule has 8 heteroatoms. The highest BCUT2D eigenvalue weighted by molar-refractivity contribution is 5.95. The summed E-state index contributed by atoms with van der Waals surface area (Å²) in [5.74, 6) is -2.12. The molecule has 0 saturated carbocycles. The zero-order chi connectivity index (χ0) is 19.8. The summed E-state index contributed by atoms with van der Waals surface area (Å²) in [5, 5.41) is 2.22. The van der Waals surface area contributed by atoms with Crippen LogP contribution in [0.1, 0.15) is 13.8 Å². The number of hydrogen-bond acceptors (Lipinski definition) is 5. The number of rotatable bonds is 8. The van der Waals surface area contributed by atoms with Gasteiger partial charge in [-0.15, -0.1) is 0 Å². The highest BCUT2D eigenvalue weighted by Gasteiger charge is 2.19. The lowest BCUT2D eigenvalue weighted by atomic mass is 10.2. The maximum atomic E-state index is 13.5. The van der Waals surface area contributed by atoms with Crippen LogP contribution in [0.4, 0.5) is 14.5 Å². The highest BCUT2D eigenvalue weighted by Crippen LogP contribution is 2.18. The van der Waals surface area contributed by atoms with Crippen LogP contribution >= 0.6 is 0 Å². The van der Waals surface area contributed by atoms with Gasteiger partial charge in [-0.2, -0.15) is 0 Å². The number of hydrogen-bond donors (Lipinski definition) is 1. The van der Waals surface area contributed by atoms with Crippen molar-refractivity contribution in [3.8, 4) is 11.5 Å². The fourth-order valence-electron chi connectivity index (χ4n) is 2.05. The Labute approximate surface area is 155 Å². The van der Waals surface area contributed by atoms with E-state index in [0.29, 0.717) is 24.2 Å². The van der Waals surface area contributed by atoms with Crippen molar-refractivity contribution in [1.29, 1.82) is 0 Å². The minimum Gasteiger partial charge on any atom is -0.494 e. The van der Waals surface area contributed by atoms with Crippen molar-refractivity contribution in [3.05, 3.63) is 54.1 Å². The molecule has 1 amide bonds. The van der Waals surface area contributed by atoms with E-state index in [0.717, 1.165) is 12.1 Å². The van der Waals surface area contributed by atoms with Gasteiger partial charge in [0.15, 0.2) is 12.7 Å². The number of ether oxygens (including phenoxy) is 3. The zero-order valence-electron chi connectivity index (χ0n) is 14.8. The monoisotopic (exact) mass is 379 g/mol. The fourth-order valence-corrected chi connectivity index (χ4v) is 2.05. The molecule has 2 aromatic rings. The molecule has 0 aromatic heterocycles. The largest absolute Gasteiger partial charge is 0.494 e. The Bertz CT molecular complexity index is 795. The summed E-state index contributed by atoms with van der Waals surface area (Å²) < 4.78 is 41.9. The predicted octanol–water partition coefficient (Wildman–Crippen LogP) is 3.31. The van der Waals surface area contributed by atoms with Crippen LogP contribution in [0.25, 0.3) is 0 Å². The molecular formula is C19H19F2NO5. The van der Waals surface area contributed by atoms with Gasteiger partial charge in [-0.05, 0) is 50.2 Å². The second-order valence-corrected chi connectivity index (χ2v) is 5.44. The molecule has 0 spiro atoms. The quantitative estimate of drug-likeness (QED) is 0.713. The number of nitrogens with one attached hydrogen (secondary N) is 1. The first-order chi connectivity index (χ1) is 12.9. The molecule has 0 radical (unpaired) electrons. The van der Waals surface area contributed by atoms with E-state index in [1.54, 1.807) is 24.3 Å². The third-order valence-corrected chi connectivity index (χ3v) is 3.36. The molecule has 0 aliphatic heterocycles. The lowest BCUT2D eigenvalue weighted by Crippen LogP contribution is -2.32. The molecule has 144 valence electrons. The van der Waals surface area contributed by atoms with Crippen LogP contribution in [0, 0.1) is 11.6 Å². The molecule has 2 aromatic carbocycles. The van der Waals surface area contributed by atoms with Gasteiger partial charge in [0, 0.05) is 6.07 Å². The molecule has 0 unspecified atom stereocenters.